The molecule has 8 nitrogen and oxygen atoms in total. The molecule has 2 rings (SSSR count). The number of amides is 1. The van der Waals surface area contributed by atoms with Gasteiger partial charge in [0.2, 0.25) is 11.7 Å². The molecule has 1 aromatic rings. The third-order valence-electron chi connectivity index (χ3n) is 4.45. The molecule has 3 N–H and O–H groups in total. The largest absolute Gasteiger partial charge is 0.493 e. The van der Waals surface area contributed by atoms with E-state index < -0.39 is 0 Å². The number of nitrogens with one attached hydrogen (secondary N) is 3. The molecule has 1 aliphatic rings. The minimum Gasteiger partial charge on any atom is -0.493 e. The molecule has 1 aliphatic carbocycles. The summed E-state index contributed by atoms with van der Waals surface area (Å²) in [5, 5.41) is 9.39. The second-order valence-electron chi connectivity index (χ2n) is 6.50. The van der Waals surface area contributed by atoms with E-state index in [4.69, 9.17) is 14.2 Å². The van der Waals surface area contributed by atoms with Crippen LogP contribution < -0.4 is 30.2 Å². The summed E-state index contributed by atoms with van der Waals surface area (Å²) in [4.78, 5) is 16.2. The highest BCUT2D eigenvalue weighted by Gasteiger charge is 2.28. The molecule has 1 fully saturated rings. The van der Waals surface area contributed by atoms with E-state index in [0.717, 1.165) is 30.9 Å². The Morgan fingerprint density at radius 2 is 1.75 bits per heavy atom. The fraction of sp³-hybridized carbons (Fsp3) is 0.600. The number of rotatable bonds is 11. The fourth-order valence-corrected chi connectivity index (χ4v) is 2.85. The summed E-state index contributed by atoms with van der Waals surface area (Å²) in [5.74, 6) is 3.00. The van der Waals surface area contributed by atoms with Crippen LogP contribution in [0.15, 0.2) is 17.1 Å². The van der Waals surface area contributed by atoms with Gasteiger partial charge in [-0.15, -0.1) is 0 Å². The van der Waals surface area contributed by atoms with Gasteiger partial charge in [-0.3, -0.25) is 9.79 Å². The van der Waals surface area contributed by atoms with Crippen LogP contribution in [-0.2, 0) is 11.2 Å². The number of nitrogens with zero attached hydrogens (tertiary/aromatic N) is 1. The van der Waals surface area contributed by atoms with Crippen molar-refractivity contribution in [3.05, 3.63) is 17.7 Å². The maximum atomic E-state index is 11.6. The molecule has 0 radical (unpaired) electrons. The Balaban J connectivity index is 1.89. The van der Waals surface area contributed by atoms with Crippen molar-refractivity contribution in [1.29, 1.82) is 0 Å². The Labute approximate surface area is 167 Å². The van der Waals surface area contributed by atoms with Crippen molar-refractivity contribution < 1.29 is 19.0 Å². The molecule has 8 heteroatoms. The van der Waals surface area contributed by atoms with Gasteiger partial charge < -0.3 is 30.2 Å². The lowest BCUT2D eigenvalue weighted by atomic mass is 10.1. The first-order valence-electron chi connectivity index (χ1n) is 9.72. The summed E-state index contributed by atoms with van der Waals surface area (Å²) in [6.07, 6.45) is 2.73. The molecule has 0 saturated heterocycles. The van der Waals surface area contributed by atoms with Crippen LogP contribution in [-0.4, -0.2) is 59.4 Å². The van der Waals surface area contributed by atoms with Gasteiger partial charge in [-0.05, 0) is 32.3 Å². The Hall–Kier alpha value is -2.64. The van der Waals surface area contributed by atoms with E-state index in [9.17, 15) is 4.79 Å². The smallest absolute Gasteiger partial charge is 0.223 e. The third kappa shape index (κ3) is 6.21. The second kappa shape index (κ2) is 11.3. The van der Waals surface area contributed by atoms with E-state index >= 15 is 0 Å². The number of hydrogen-bond acceptors (Lipinski definition) is 5. The van der Waals surface area contributed by atoms with Gasteiger partial charge in [0.15, 0.2) is 17.5 Å². The quantitative estimate of drug-likeness (QED) is 0.299. The van der Waals surface area contributed by atoms with Crippen LogP contribution in [0.1, 0.15) is 25.3 Å². The number of methoxy groups -OCH3 is 3. The number of carbonyl (C=O) groups excluding carboxylic acids is 1. The molecule has 0 bridgehead atoms. The van der Waals surface area contributed by atoms with E-state index in [-0.39, 0.29) is 11.8 Å². The topological polar surface area (TPSA) is 93.2 Å². The minimum atomic E-state index is 0.157. The lowest BCUT2D eigenvalue weighted by molar-refractivity contribution is -0.122. The zero-order valence-electron chi connectivity index (χ0n) is 17.3. The normalized spacial score (nSPS) is 13.6. The highest BCUT2D eigenvalue weighted by Crippen LogP contribution is 2.39. The Bertz CT molecular complexity index is 674. The number of benzene rings is 1. The zero-order valence-corrected chi connectivity index (χ0v) is 17.3. The van der Waals surface area contributed by atoms with Crippen molar-refractivity contribution >= 4 is 11.9 Å². The van der Waals surface area contributed by atoms with Gasteiger partial charge in [-0.2, -0.15) is 0 Å². The molecule has 1 saturated carbocycles. The number of ether oxygens (including phenoxy) is 3. The molecule has 28 heavy (non-hydrogen) atoms. The third-order valence-corrected chi connectivity index (χ3v) is 4.45. The molecule has 1 amide bonds. The molecular formula is C20H32N4O4. The molecule has 0 aliphatic heterocycles. The molecule has 1 aromatic carbocycles. The summed E-state index contributed by atoms with van der Waals surface area (Å²) >= 11 is 0. The van der Waals surface area contributed by atoms with Gasteiger partial charge in [-0.25, -0.2) is 0 Å². The average Bonchev–Trinajstić information content (AvgIpc) is 3.55. The first-order chi connectivity index (χ1) is 13.6. The van der Waals surface area contributed by atoms with Gasteiger partial charge in [-0.1, -0.05) is 6.07 Å². The van der Waals surface area contributed by atoms with Crippen molar-refractivity contribution in [2.24, 2.45) is 10.9 Å². The SMILES string of the molecule is CCNC(=NCCc1ccc(OC)c(OC)c1OC)NCCNC(=O)C1CC1. The molecular weight excluding hydrogens is 360 g/mol. The van der Waals surface area contributed by atoms with Crippen LogP contribution in [0.4, 0.5) is 0 Å². The van der Waals surface area contributed by atoms with Crippen molar-refractivity contribution in [3.8, 4) is 17.2 Å². The minimum absolute atomic E-state index is 0.157. The van der Waals surface area contributed by atoms with Crippen LogP contribution in [0.5, 0.6) is 17.2 Å². The predicted molar refractivity (Wildman–Crippen MR) is 110 cm³/mol. The van der Waals surface area contributed by atoms with Crippen LogP contribution in [0.25, 0.3) is 0 Å². The molecule has 0 aromatic heterocycles. The Kier molecular flexibility index (Phi) is 8.71. The lowest BCUT2D eigenvalue weighted by Gasteiger charge is -2.15. The Morgan fingerprint density at radius 3 is 2.36 bits per heavy atom. The molecule has 0 spiro atoms. The van der Waals surface area contributed by atoms with E-state index in [1.165, 1.54) is 0 Å². The predicted octanol–water partition coefficient (Wildman–Crippen LogP) is 1.34. The number of aliphatic imine (C=N–C) groups is 1. The number of guanidine groups is 1. The summed E-state index contributed by atoms with van der Waals surface area (Å²) in [7, 11) is 4.81. The van der Waals surface area contributed by atoms with E-state index in [2.05, 4.69) is 20.9 Å². The number of carbonyl (C=O) groups is 1. The summed E-state index contributed by atoms with van der Waals surface area (Å²) < 4.78 is 16.3. The zero-order chi connectivity index (χ0) is 20.4. The van der Waals surface area contributed by atoms with E-state index in [1.54, 1.807) is 21.3 Å². The van der Waals surface area contributed by atoms with E-state index in [1.807, 2.05) is 19.1 Å². The fourth-order valence-electron chi connectivity index (χ4n) is 2.85. The van der Waals surface area contributed by atoms with Crippen molar-refractivity contribution in [1.82, 2.24) is 16.0 Å². The summed E-state index contributed by atoms with van der Waals surface area (Å²) in [6, 6.07) is 3.83. The maximum Gasteiger partial charge on any atom is 0.223 e. The van der Waals surface area contributed by atoms with Gasteiger partial charge >= 0.3 is 0 Å². The van der Waals surface area contributed by atoms with Crippen LogP contribution in [0.3, 0.4) is 0 Å². The van der Waals surface area contributed by atoms with Crippen LogP contribution in [0, 0.1) is 5.92 Å². The maximum absolute atomic E-state index is 11.6. The molecule has 156 valence electrons. The van der Waals surface area contributed by atoms with Gasteiger partial charge in [0.1, 0.15) is 0 Å². The van der Waals surface area contributed by atoms with Crippen molar-refractivity contribution in [2.45, 2.75) is 26.2 Å². The Morgan fingerprint density at radius 1 is 1.04 bits per heavy atom. The van der Waals surface area contributed by atoms with Crippen LogP contribution >= 0.6 is 0 Å². The molecule has 0 atom stereocenters. The van der Waals surface area contributed by atoms with Gasteiger partial charge in [0, 0.05) is 37.7 Å². The second-order valence-corrected chi connectivity index (χ2v) is 6.50. The summed E-state index contributed by atoms with van der Waals surface area (Å²) in [6.45, 7) is 4.58. The van der Waals surface area contributed by atoms with Crippen molar-refractivity contribution in [3.63, 3.8) is 0 Å². The van der Waals surface area contributed by atoms with Crippen LogP contribution in [0.2, 0.25) is 0 Å². The number of hydrogen-bond donors (Lipinski definition) is 3. The molecule has 0 heterocycles. The highest BCUT2D eigenvalue weighted by atomic mass is 16.5. The molecule has 0 unspecified atom stereocenters. The monoisotopic (exact) mass is 392 g/mol. The van der Waals surface area contributed by atoms with Crippen molar-refractivity contribution in [2.75, 3.05) is 47.5 Å². The first kappa shape index (κ1) is 21.7. The average molecular weight is 393 g/mol. The van der Waals surface area contributed by atoms with E-state index in [0.29, 0.717) is 43.3 Å². The summed E-state index contributed by atoms with van der Waals surface area (Å²) in [5.41, 5.74) is 0.997. The lowest BCUT2D eigenvalue weighted by Crippen LogP contribution is -2.41. The van der Waals surface area contributed by atoms with Gasteiger partial charge in [0.25, 0.3) is 0 Å². The standard InChI is InChI=1S/C20H32N4O4/c1-5-21-20(24-13-12-22-19(25)15-6-7-15)23-11-10-14-8-9-16(26-2)18(28-4)17(14)27-3/h8-9,15H,5-7,10-13H2,1-4H3,(H,22,25)(H2,21,23,24). The highest BCUT2D eigenvalue weighted by molar-refractivity contribution is 5.81. The first-order valence-corrected chi connectivity index (χ1v) is 9.72. The van der Waals surface area contributed by atoms with Gasteiger partial charge in [0.05, 0.1) is 21.3 Å².